The molecule has 2 heterocycles. The van der Waals surface area contributed by atoms with E-state index in [1.165, 1.54) is 11.1 Å². The number of unbranched alkanes of at least 4 members (excludes halogenated alkanes) is 1. The SMILES string of the molecule is CN1C=C(S(=O)(=O)NCCCCN2CCc3ccccc3C2)NC1. The molecule has 0 saturated heterocycles. The number of fused-ring (bicyclic) bond motifs is 1. The zero-order valence-electron chi connectivity index (χ0n) is 14.2. The third kappa shape index (κ3) is 4.28. The molecule has 2 N–H and O–H groups in total. The summed E-state index contributed by atoms with van der Waals surface area (Å²) in [5.41, 5.74) is 2.89. The molecule has 0 spiro atoms. The lowest BCUT2D eigenvalue weighted by Gasteiger charge is -2.28. The number of nitrogens with zero attached hydrogens (tertiary/aromatic N) is 2. The Hall–Kier alpha value is -1.57. The molecule has 6 nitrogen and oxygen atoms in total. The predicted octanol–water partition coefficient (Wildman–Crippen LogP) is 1.04. The van der Waals surface area contributed by atoms with Gasteiger partial charge in [0.15, 0.2) is 5.03 Å². The van der Waals surface area contributed by atoms with E-state index in [-0.39, 0.29) is 5.03 Å². The van der Waals surface area contributed by atoms with E-state index in [1.807, 2.05) is 11.9 Å². The van der Waals surface area contributed by atoms with Gasteiger partial charge in [0.05, 0.1) is 6.67 Å². The molecule has 1 aromatic carbocycles. The van der Waals surface area contributed by atoms with Gasteiger partial charge >= 0.3 is 0 Å². The van der Waals surface area contributed by atoms with Crippen LogP contribution in [-0.4, -0.2) is 51.6 Å². The van der Waals surface area contributed by atoms with Crippen molar-refractivity contribution in [2.24, 2.45) is 0 Å². The lowest BCUT2D eigenvalue weighted by molar-refractivity contribution is 0.249. The van der Waals surface area contributed by atoms with E-state index in [9.17, 15) is 8.42 Å². The topological polar surface area (TPSA) is 64.7 Å². The molecule has 0 radical (unpaired) electrons. The highest BCUT2D eigenvalue weighted by Crippen LogP contribution is 2.18. The molecule has 24 heavy (non-hydrogen) atoms. The van der Waals surface area contributed by atoms with Gasteiger partial charge in [-0.15, -0.1) is 0 Å². The van der Waals surface area contributed by atoms with Crippen molar-refractivity contribution in [1.82, 2.24) is 19.8 Å². The van der Waals surface area contributed by atoms with Gasteiger partial charge in [-0.25, -0.2) is 13.1 Å². The number of rotatable bonds is 7. The van der Waals surface area contributed by atoms with E-state index >= 15 is 0 Å². The highest BCUT2D eigenvalue weighted by Gasteiger charge is 2.21. The molecule has 0 unspecified atom stereocenters. The molecule has 0 atom stereocenters. The Morgan fingerprint density at radius 1 is 1.21 bits per heavy atom. The van der Waals surface area contributed by atoms with Crippen LogP contribution >= 0.6 is 0 Å². The summed E-state index contributed by atoms with van der Waals surface area (Å²) in [6, 6.07) is 8.62. The van der Waals surface area contributed by atoms with Crippen LogP contribution in [0, 0.1) is 0 Å². The second kappa shape index (κ2) is 7.55. The number of nitrogens with one attached hydrogen (secondary N) is 2. The van der Waals surface area contributed by atoms with Gasteiger partial charge in [0.1, 0.15) is 0 Å². The first-order valence-corrected chi connectivity index (χ1v) is 9.98. The Morgan fingerprint density at radius 3 is 2.75 bits per heavy atom. The van der Waals surface area contributed by atoms with Crippen LogP contribution in [0.1, 0.15) is 24.0 Å². The molecule has 2 aliphatic heterocycles. The molecule has 2 aliphatic rings. The Balaban J connectivity index is 1.37. The van der Waals surface area contributed by atoms with Gasteiger partial charge in [-0.3, -0.25) is 4.90 Å². The average Bonchev–Trinajstić information content (AvgIpc) is 3.02. The van der Waals surface area contributed by atoms with Crippen molar-refractivity contribution in [1.29, 1.82) is 0 Å². The van der Waals surface area contributed by atoms with Gasteiger partial charge in [-0.2, -0.15) is 0 Å². The lowest BCUT2D eigenvalue weighted by Crippen LogP contribution is -2.33. The Kier molecular flexibility index (Phi) is 5.43. The molecule has 132 valence electrons. The second-order valence-corrected chi connectivity index (χ2v) is 8.22. The Morgan fingerprint density at radius 2 is 2.00 bits per heavy atom. The summed E-state index contributed by atoms with van der Waals surface area (Å²) >= 11 is 0. The normalized spacial score (nSPS) is 18.2. The highest BCUT2D eigenvalue weighted by atomic mass is 32.2. The summed E-state index contributed by atoms with van der Waals surface area (Å²) in [6.07, 6.45) is 4.57. The Bertz CT molecular complexity index is 702. The second-order valence-electron chi connectivity index (χ2n) is 6.48. The fraction of sp³-hybridized carbons (Fsp3) is 0.529. The van der Waals surface area contributed by atoms with Crippen molar-refractivity contribution in [2.45, 2.75) is 25.8 Å². The largest absolute Gasteiger partial charge is 0.361 e. The fourth-order valence-electron chi connectivity index (χ4n) is 3.15. The third-order valence-corrected chi connectivity index (χ3v) is 5.95. The summed E-state index contributed by atoms with van der Waals surface area (Å²) in [5, 5.41) is 3.14. The summed E-state index contributed by atoms with van der Waals surface area (Å²) in [7, 11) is -1.55. The quantitative estimate of drug-likeness (QED) is 0.720. The fourth-order valence-corrected chi connectivity index (χ4v) is 4.29. The van der Waals surface area contributed by atoms with E-state index < -0.39 is 10.0 Å². The van der Waals surface area contributed by atoms with E-state index in [4.69, 9.17) is 0 Å². The maximum atomic E-state index is 12.1. The molecule has 0 bridgehead atoms. The van der Waals surface area contributed by atoms with Crippen molar-refractivity contribution in [3.8, 4) is 0 Å². The molecule has 0 aliphatic carbocycles. The molecule has 7 heteroatoms. The van der Waals surface area contributed by atoms with Gasteiger partial charge in [-0.1, -0.05) is 24.3 Å². The van der Waals surface area contributed by atoms with E-state index in [2.05, 4.69) is 39.2 Å². The zero-order valence-corrected chi connectivity index (χ0v) is 15.0. The first-order valence-electron chi connectivity index (χ1n) is 8.49. The van der Waals surface area contributed by atoms with Crippen LogP contribution in [0.5, 0.6) is 0 Å². The maximum absolute atomic E-state index is 12.1. The molecular weight excluding hydrogens is 324 g/mol. The summed E-state index contributed by atoms with van der Waals surface area (Å²) in [4.78, 5) is 4.26. The molecule has 0 saturated carbocycles. The van der Waals surface area contributed by atoms with Crippen molar-refractivity contribution in [3.63, 3.8) is 0 Å². The highest BCUT2D eigenvalue weighted by molar-refractivity contribution is 7.93. The van der Waals surface area contributed by atoms with E-state index in [0.717, 1.165) is 38.9 Å². The van der Waals surface area contributed by atoms with Gasteiger partial charge in [-0.05, 0) is 36.9 Å². The van der Waals surface area contributed by atoms with Crippen molar-refractivity contribution < 1.29 is 8.42 Å². The lowest BCUT2D eigenvalue weighted by atomic mass is 10.00. The third-order valence-electron chi connectivity index (χ3n) is 4.53. The predicted molar refractivity (Wildman–Crippen MR) is 95.4 cm³/mol. The first kappa shape index (κ1) is 17.3. The number of hydrogen-bond acceptors (Lipinski definition) is 5. The summed E-state index contributed by atoms with van der Waals surface area (Å²) < 4.78 is 26.9. The average molecular weight is 350 g/mol. The monoisotopic (exact) mass is 350 g/mol. The minimum absolute atomic E-state index is 0.262. The minimum Gasteiger partial charge on any atom is -0.361 e. The van der Waals surface area contributed by atoms with Crippen LogP contribution in [0.3, 0.4) is 0 Å². The first-order chi connectivity index (χ1) is 11.5. The van der Waals surface area contributed by atoms with Crippen molar-refractivity contribution >= 4 is 10.0 Å². The molecule has 0 aromatic heterocycles. The number of sulfonamides is 1. The van der Waals surface area contributed by atoms with Crippen LogP contribution in [-0.2, 0) is 23.0 Å². The van der Waals surface area contributed by atoms with Gasteiger partial charge in [0.25, 0.3) is 10.0 Å². The van der Waals surface area contributed by atoms with E-state index in [0.29, 0.717) is 13.2 Å². The Labute approximate surface area is 144 Å². The van der Waals surface area contributed by atoms with Crippen molar-refractivity contribution in [3.05, 3.63) is 46.6 Å². The maximum Gasteiger partial charge on any atom is 0.257 e. The smallest absolute Gasteiger partial charge is 0.257 e. The standard InChI is InChI=1S/C17H26N4O2S/c1-20-13-17(18-14-20)24(22,23)19-9-4-5-10-21-11-8-15-6-2-3-7-16(15)12-21/h2-3,6-7,13,18-19H,4-5,8-12,14H2,1H3. The van der Waals surface area contributed by atoms with Crippen LogP contribution in [0.25, 0.3) is 0 Å². The van der Waals surface area contributed by atoms with E-state index in [1.54, 1.807) is 6.20 Å². The van der Waals surface area contributed by atoms with Gasteiger partial charge in [0.2, 0.25) is 0 Å². The molecule has 0 amide bonds. The molecule has 0 fully saturated rings. The molecular formula is C17H26N4O2S. The molecule has 1 aromatic rings. The van der Waals surface area contributed by atoms with Gasteiger partial charge < -0.3 is 10.2 Å². The zero-order chi connectivity index (χ0) is 17.0. The van der Waals surface area contributed by atoms with Crippen LogP contribution < -0.4 is 10.0 Å². The van der Waals surface area contributed by atoms with Crippen LogP contribution in [0.15, 0.2) is 35.5 Å². The van der Waals surface area contributed by atoms with Crippen LogP contribution in [0.2, 0.25) is 0 Å². The minimum atomic E-state index is -3.39. The van der Waals surface area contributed by atoms with Crippen LogP contribution in [0.4, 0.5) is 0 Å². The summed E-state index contributed by atoms with van der Waals surface area (Å²) in [6.45, 7) is 4.12. The van der Waals surface area contributed by atoms with Crippen molar-refractivity contribution in [2.75, 3.05) is 33.4 Å². The number of hydrogen-bond donors (Lipinski definition) is 2. The molecule has 3 rings (SSSR count). The van der Waals surface area contributed by atoms with Gasteiger partial charge in [0, 0.05) is 32.9 Å². The summed E-state index contributed by atoms with van der Waals surface area (Å²) in [5.74, 6) is 0. The number of benzene rings is 1.